The minimum Gasteiger partial charge on any atom is -0.493 e. The molecule has 0 fully saturated rings. The second-order valence-electron chi connectivity index (χ2n) is 4.70. The van der Waals surface area contributed by atoms with E-state index >= 15 is 0 Å². The Hall–Kier alpha value is -2.76. The molecule has 24 heavy (non-hydrogen) atoms. The second kappa shape index (κ2) is 8.19. The maximum Gasteiger partial charge on any atom is 0.176 e. The van der Waals surface area contributed by atoms with Crippen LogP contribution in [0.25, 0.3) is 11.6 Å². The molecule has 2 aromatic rings. The highest BCUT2D eigenvalue weighted by molar-refractivity contribution is 9.10. The van der Waals surface area contributed by atoms with Crippen molar-refractivity contribution in [1.82, 2.24) is 0 Å². The zero-order valence-corrected chi connectivity index (χ0v) is 14.4. The van der Waals surface area contributed by atoms with Gasteiger partial charge in [0.15, 0.2) is 11.5 Å². The molecule has 0 aliphatic heterocycles. The first-order valence-electron chi connectivity index (χ1n) is 6.90. The van der Waals surface area contributed by atoms with Crippen LogP contribution in [0.1, 0.15) is 11.1 Å². The Morgan fingerprint density at radius 1 is 1.33 bits per heavy atom. The highest BCUT2D eigenvalue weighted by atomic mass is 79.9. The van der Waals surface area contributed by atoms with E-state index in [1.807, 2.05) is 0 Å². The van der Waals surface area contributed by atoms with Gasteiger partial charge in [0.1, 0.15) is 12.4 Å². The number of hydrogen-bond acceptors (Lipinski definition) is 3. The number of hydrogen-bond donors (Lipinski definition) is 0. The molecule has 5 heteroatoms. The molecule has 0 amide bonds. The number of methoxy groups -OCH3 is 1. The predicted molar refractivity (Wildman–Crippen MR) is 94.9 cm³/mol. The second-order valence-corrected chi connectivity index (χ2v) is 5.56. The van der Waals surface area contributed by atoms with Crippen molar-refractivity contribution in [3.05, 3.63) is 57.8 Å². The quantitative estimate of drug-likeness (QED) is 0.426. The van der Waals surface area contributed by atoms with Crippen molar-refractivity contribution in [1.29, 1.82) is 5.26 Å². The molecule has 0 atom stereocenters. The topological polar surface area (TPSA) is 42.2 Å². The molecule has 2 rings (SSSR count). The summed E-state index contributed by atoms with van der Waals surface area (Å²) in [4.78, 5) is 0. The van der Waals surface area contributed by atoms with Crippen LogP contribution in [0.5, 0.6) is 11.5 Å². The monoisotopic (exact) mass is 385 g/mol. The summed E-state index contributed by atoms with van der Waals surface area (Å²) in [6, 6.07) is 11.4. The van der Waals surface area contributed by atoms with Gasteiger partial charge in [0.25, 0.3) is 0 Å². The highest BCUT2D eigenvalue weighted by Gasteiger charge is 2.11. The molecule has 0 bridgehead atoms. The number of ether oxygens (including phenoxy) is 2. The molecule has 3 nitrogen and oxygen atoms in total. The Morgan fingerprint density at radius 2 is 2.04 bits per heavy atom. The number of nitriles is 1. The third-order valence-electron chi connectivity index (χ3n) is 3.14. The van der Waals surface area contributed by atoms with Gasteiger partial charge in [-0.05, 0) is 57.4 Å². The van der Waals surface area contributed by atoms with Crippen molar-refractivity contribution in [2.24, 2.45) is 0 Å². The van der Waals surface area contributed by atoms with Gasteiger partial charge in [-0.15, -0.1) is 6.42 Å². The first-order chi connectivity index (χ1) is 11.6. The Balaban J connectivity index is 2.44. The lowest BCUT2D eigenvalue weighted by atomic mass is 10.0. The number of terminal acetylenes is 1. The van der Waals surface area contributed by atoms with E-state index in [0.29, 0.717) is 27.1 Å². The summed E-state index contributed by atoms with van der Waals surface area (Å²) < 4.78 is 24.5. The fourth-order valence-corrected chi connectivity index (χ4v) is 2.63. The molecule has 0 aliphatic carbocycles. The van der Waals surface area contributed by atoms with Crippen molar-refractivity contribution in [3.63, 3.8) is 0 Å². The Labute approximate surface area is 148 Å². The number of nitrogens with zero attached hydrogens (tertiary/aromatic N) is 1. The summed E-state index contributed by atoms with van der Waals surface area (Å²) in [5.74, 6) is 3.02. The van der Waals surface area contributed by atoms with E-state index in [0.717, 1.165) is 5.56 Å². The molecule has 0 heterocycles. The van der Waals surface area contributed by atoms with E-state index in [4.69, 9.17) is 15.9 Å². The molecule has 2 aromatic carbocycles. The van der Waals surface area contributed by atoms with Gasteiger partial charge >= 0.3 is 0 Å². The van der Waals surface area contributed by atoms with Gasteiger partial charge in [0.05, 0.1) is 23.2 Å². The van der Waals surface area contributed by atoms with Gasteiger partial charge in [0, 0.05) is 0 Å². The zero-order valence-electron chi connectivity index (χ0n) is 12.8. The third-order valence-corrected chi connectivity index (χ3v) is 3.73. The Morgan fingerprint density at radius 3 is 2.62 bits per heavy atom. The first kappa shape index (κ1) is 17.6. The lowest BCUT2D eigenvalue weighted by Crippen LogP contribution is -1.98. The minimum atomic E-state index is -0.351. The molecule has 0 unspecified atom stereocenters. The number of allylic oxidation sites excluding steroid dienone is 1. The van der Waals surface area contributed by atoms with Crippen LogP contribution in [0.2, 0.25) is 0 Å². The van der Waals surface area contributed by atoms with E-state index in [1.165, 1.54) is 19.2 Å². The highest BCUT2D eigenvalue weighted by Crippen LogP contribution is 2.37. The molecule has 0 aliphatic rings. The van der Waals surface area contributed by atoms with Gasteiger partial charge in [-0.1, -0.05) is 18.1 Å². The summed E-state index contributed by atoms with van der Waals surface area (Å²) >= 11 is 3.41. The van der Waals surface area contributed by atoms with Crippen molar-refractivity contribution in [2.45, 2.75) is 0 Å². The van der Waals surface area contributed by atoms with Crippen molar-refractivity contribution in [3.8, 4) is 29.9 Å². The molecule has 0 saturated heterocycles. The average Bonchev–Trinajstić information content (AvgIpc) is 2.59. The smallest absolute Gasteiger partial charge is 0.176 e. The lowest BCUT2D eigenvalue weighted by molar-refractivity contribution is 0.329. The standard InChI is InChI=1S/C19H13BrFNO2/c1-3-8-24-19-17(20)10-13(11-18(19)23-2)9-15(12-22)14-4-6-16(21)7-5-14/h1,4-7,9-11H,8H2,2H3. The molecule has 0 saturated carbocycles. The van der Waals surface area contributed by atoms with Crippen LogP contribution in [0.15, 0.2) is 40.9 Å². The van der Waals surface area contributed by atoms with Gasteiger partial charge < -0.3 is 9.47 Å². The SMILES string of the molecule is C#CCOc1c(Br)cc(C=C(C#N)c2ccc(F)cc2)cc1OC. The Bertz CT molecular complexity index is 845. The zero-order chi connectivity index (χ0) is 17.5. The lowest BCUT2D eigenvalue weighted by Gasteiger charge is -2.12. The van der Waals surface area contributed by atoms with Gasteiger partial charge in [0.2, 0.25) is 0 Å². The molecule has 0 radical (unpaired) electrons. The van der Waals surface area contributed by atoms with Gasteiger partial charge in [-0.25, -0.2) is 4.39 Å². The average molecular weight is 386 g/mol. The van der Waals surface area contributed by atoms with Crippen LogP contribution in [-0.4, -0.2) is 13.7 Å². The molecular weight excluding hydrogens is 373 g/mol. The summed E-state index contributed by atoms with van der Waals surface area (Å²) in [6.07, 6.45) is 6.89. The largest absolute Gasteiger partial charge is 0.493 e. The number of benzene rings is 2. The van der Waals surface area contributed by atoms with Crippen LogP contribution >= 0.6 is 15.9 Å². The predicted octanol–water partition coefficient (Wildman–Crippen LogP) is 4.67. The van der Waals surface area contributed by atoms with E-state index in [1.54, 1.807) is 30.3 Å². The van der Waals surface area contributed by atoms with Crippen LogP contribution < -0.4 is 9.47 Å². The third kappa shape index (κ3) is 4.16. The van der Waals surface area contributed by atoms with Crippen molar-refractivity contribution in [2.75, 3.05) is 13.7 Å². The van der Waals surface area contributed by atoms with Crippen LogP contribution in [0, 0.1) is 29.5 Å². The van der Waals surface area contributed by atoms with Crippen LogP contribution in [0.4, 0.5) is 4.39 Å². The molecule has 0 N–H and O–H groups in total. The van der Waals surface area contributed by atoms with Crippen molar-refractivity contribution >= 4 is 27.6 Å². The molecule has 0 spiro atoms. The van der Waals surface area contributed by atoms with E-state index in [9.17, 15) is 9.65 Å². The maximum absolute atomic E-state index is 13.0. The normalized spacial score (nSPS) is 10.6. The Kier molecular flexibility index (Phi) is 6.01. The van der Waals surface area contributed by atoms with E-state index in [-0.39, 0.29) is 12.4 Å². The van der Waals surface area contributed by atoms with Gasteiger partial charge in [-0.3, -0.25) is 0 Å². The summed E-state index contributed by atoms with van der Waals surface area (Å²) in [5, 5.41) is 9.37. The van der Waals surface area contributed by atoms with E-state index in [2.05, 4.69) is 27.9 Å². The summed E-state index contributed by atoms with van der Waals surface area (Å²) in [6.45, 7) is 0.114. The summed E-state index contributed by atoms with van der Waals surface area (Å²) in [5.41, 5.74) is 1.76. The van der Waals surface area contributed by atoms with Crippen molar-refractivity contribution < 1.29 is 13.9 Å². The van der Waals surface area contributed by atoms with Gasteiger partial charge in [-0.2, -0.15) is 5.26 Å². The number of halogens is 2. The number of rotatable bonds is 5. The maximum atomic E-state index is 13.0. The fourth-order valence-electron chi connectivity index (χ4n) is 2.05. The molecular formula is C19H13BrFNO2. The minimum absolute atomic E-state index is 0.114. The fraction of sp³-hybridized carbons (Fsp3) is 0.105. The van der Waals surface area contributed by atoms with Crippen LogP contribution in [0.3, 0.4) is 0 Å². The first-order valence-corrected chi connectivity index (χ1v) is 7.70. The molecule has 0 aromatic heterocycles. The van der Waals surface area contributed by atoms with Crippen LogP contribution in [-0.2, 0) is 0 Å². The summed E-state index contributed by atoms with van der Waals surface area (Å²) in [7, 11) is 1.52. The van der Waals surface area contributed by atoms with E-state index < -0.39 is 0 Å². The molecule has 120 valence electrons.